The molecule has 0 amide bonds. The van der Waals surface area contributed by atoms with Crippen LogP contribution < -0.4 is 0 Å². The Balaban J connectivity index is 0. The molecule has 0 aliphatic carbocycles. The SMILES string of the molecule is [Cd].[Ge].[O-2].[O-2].[Sn+4].[Zn]. The van der Waals surface area contributed by atoms with Crippen LogP contribution >= 0.6 is 0 Å². The molecule has 4 radical (unpaired) electrons. The van der Waals surface area contributed by atoms with Crippen molar-refractivity contribution in [2.45, 2.75) is 0 Å². The van der Waals surface area contributed by atoms with Gasteiger partial charge in [-0.3, -0.25) is 0 Å². The van der Waals surface area contributed by atoms with E-state index in [1.54, 1.807) is 0 Å². The standard InChI is InChI=1S/Cd.Ge.2O.Sn.Zn/q;;2*-2;+4;. The predicted octanol–water partition coefficient (Wildman–Crippen LogP) is -1.00. The van der Waals surface area contributed by atoms with Crippen molar-refractivity contribution in [3.63, 3.8) is 0 Å². The molecule has 0 atom stereocenters. The molecule has 0 saturated carbocycles. The largest absolute Gasteiger partial charge is 4.00 e. The van der Waals surface area contributed by atoms with Crippen LogP contribution in [0.25, 0.3) is 0 Å². The number of hydrogen-bond acceptors (Lipinski definition) is 0. The Morgan fingerprint density at radius 2 is 0.833 bits per heavy atom. The zero-order chi connectivity index (χ0) is 0. The quantitative estimate of drug-likeness (QED) is 0.468. The zero-order valence-corrected chi connectivity index (χ0v) is 15.2. The summed E-state index contributed by atoms with van der Waals surface area (Å²) in [6, 6.07) is 0. The molecule has 0 unspecified atom stereocenters. The van der Waals surface area contributed by atoms with E-state index in [0.29, 0.717) is 0 Å². The van der Waals surface area contributed by atoms with Crippen molar-refractivity contribution in [1.29, 1.82) is 0 Å². The molecule has 6 heavy (non-hydrogen) atoms. The van der Waals surface area contributed by atoms with E-state index >= 15 is 0 Å². The summed E-state index contributed by atoms with van der Waals surface area (Å²) in [6.45, 7) is 0. The van der Waals surface area contributed by atoms with Crippen molar-refractivity contribution < 1.29 is 57.7 Å². The molecule has 0 fully saturated rings. The van der Waals surface area contributed by atoms with E-state index in [-0.39, 0.29) is 99.2 Å². The maximum absolute atomic E-state index is 0. The van der Waals surface area contributed by atoms with Gasteiger partial charge in [0.1, 0.15) is 0 Å². The topological polar surface area (TPSA) is 57.0 Å². The first-order chi connectivity index (χ1) is 0. The minimum absolute atomic E-state index is 0. The van der Waals surface area contributed by atoms with Gasteiger partial charge < -0.3 is 11.0 Å². The van der Waals surface area contributed by atoms with Crippen molar-refractivity contribution in [1.82, 2.24) is 0 Å². The Morgan fingerprint density at radius 3 is 0.833 bits per heavy atom. The first kappa shape index (κ1) is 68.1. The smallest absolute Gasteiger partial charge is 2.00 e. The van der Waals surface area contributed by atoms with Gasteiger partial charge in [-0.2, -0.15) is 0 Å². The molecule has 0 rings (SSSR count). The van der Waals surface area contributed by atoms with E-state index in [2.05, 4.69) is 0 Å². The van der Waals surface area contributed by atoms with Gasteiger partial charge >= 0.3 is 23.9 Å². The number of rotatable bonds is 0. The van der Waals surface area contributed by atoms with Crippen LogP contribution in [0.3, 0.4) is 0 Å². The Hall–Kier alpha value is 2.81. The molecule has 0 aliphatic rings. The van der Waals surface area contributed by atoms with Crippen LogP contribution in [0.4, 0.5) is 0 Å². The van der Waals surface area contributed by atoms with Crippen LogP contribution in [0.15, 0.2) is 0 Å². The molecule has 0 aromatic rings. The monoisotopic (exact) mass is 404 g/mol. The molecule has 0 aromatic carbocycles. The van der Waals surface area contributed by atoms with E-state index in [1.807, 2.05) is 0 Å². The Kier molecular flexibility index (Phi) is 521. The maximum Gasteiger partial charge on any atom is 4.00 e. The summed E-state index contributed by atoms with van der Waals surface area (Å²) >= 11 is 0. The second kappa shape index (κ2) is 45.9. The first-order valence-corrected chi connectivity index (χ1v) is 0. The van der Waals surface area contributed by atoms with Gasteiger partial charge in [0.15, 0.2) is 0 Å². The summed E-state index contributed by atoms with van der Waals surface area (Å²) in [5.74, 6) is 0. The van der Waals surface area contributed by atoms with Crippen LogP contribution in [0.5, 0.6) is 0 Å². The number of hydrogen-bond donors (Lipinski definition) is 0. The molecule has 24 valence electrons. The predicted molar refractivity (Wildman–Crippen MR) is 12.9 cm³/mol. The van der Waals surface area contributed by atoms with E-state index in [1.165, 1.54) is 0 Å². The van der Waals surface area contributed by atoms with Gasteiger partial charge in [0.05, 0.1) is 0 Å². The normalized spacial score (nSPS) is 0. The van der Waals surface area contributed by atoms with Crippen LogP contribution in [0.1, 0.15) is 0 Å². The van der Waals surface area contributed by atoms with Gasteiger partial charge in [0.25, 0.3) is 0 Å². The molecule has 2 nitrogen and oxygen atoms in total. The second-order valence-electron chi connectivity index (χ2n) is 0. The third kappa shape index (κ3) is 29.1. The third-order valence-corrected chi connectivity index (χ3v) is 0. The van der Waals surface area contributed by atoms with E-state index in [9.17, 15) is 0 Å². The molecule has 0 saturated heterocycles. The van der Waals surface area contributed by atoms with Gasteiger partial charge in [-0.25, -0.2) is 0 Å². The molecule has 0 spiro atoms. The summed E-state index contributed by atoms with van der Waals surface area (Å²) in [6.07, 6.45) is 0. The average molecular weight is 401 g/mol. The second-order valence-corrected chi connectivity index (χ2v) is 0. The molecule has 0 aromatic heterocycles. The van der Waals surface area contributed by atoms with Gasteiger partial charge in [-0.15, -0.1) is 0 Å². The van der Waals surface area contributed by atoms with Crippen LogP contribution in [-0.4, -0.2) is 41.5 Å². The van der Waals surface area contributed by atoms with Crippen molar-refractivity contribution in [3.05, 3.63) is 0 Å². The average Bonchev–Trinajstić information content (AvgIpc) is 0. The van der Waals surface area contributed by atoms with Gasteiger partial charge in [-0.1, -0.05) is 0 Å². The Bertz CT molecular complexity index is 13.5. The summed E-state index contributed by atoms with van der Waals surface area (Å²) in [5.41, 5.74) is 0. The van der Waals surface area contributed by atoms with Crippen molar-refractivity contribution in [3.8, 4) is 0 Å². The fourth-order valence-electron chi connectivity index (χ4n) is 0. The molecule has 0 N–H and O–H groups in total. The minimum Gasteiger partial charge on any atom is -2.00 e. The van der Waals surface area contributed by atoms with Crippen molar-refractivity contribution in [2.75, 3.05) is 0 Å². The minimum atomic E-state index is 0. The van der Waals surface area contributed by atoms with Gasteiger partial charge in [-0.05, 0) is 0 Å². The summed E-state index contributed by atoms with van der Waals surface area (Å²) < 4.78 is 0. The molecular formula is CdGeO2SnZn. The van der Waals surface area contributed by atoms with E-state index in [4.69, 9.17) is 0 Å². The first-order valence-electron chi connectivity index (χ1n) is 0. The molecule has 0 aliphatic heterocycles. The van der Waals surface area contributed by atoms with Crippen LogP contribution in [0.2, 0.25) is 0 Å². The Labute approximate surface area is 97.7 Å². The maximum atomic E-state index is 0. The molecule has 6 heteroatoms. The van der Waals surface area contributed by atoms with Crippen molar-refractivity contribution >= 4 is 41.5 Å². The fourth-order valence-corrected chi connectivity index (χ4v) is 0. The summed E-state index contributed by atoms with van der Waals surface area (Å²) in [7, 11) is 0. The van der Waals surface area contributed by atoms with E-state index < -0.39 is 0 Å². The van der Waals surface area contributed by atoms with Gasteiger partial charge in [0.2, 0.25) is 0 Å². The van der Waals surface area contributed by atoms with Crippen LogP contribution in [0, 0.1) is 0 Å². The van der Waals surface area contributed by atoms with Crippen molar-refractivity contribution in [2.24, 2.45) is 0 Å². The summed E-state index contributed by atoms with van der Waals surface area (Å²) in [5, 5.41) is 0. The summed E-state index contributed by atoms with van der Waals surface area (Å²) in [4.78, 5) is 0. The molecule has 0 bridgehead atoms. The molecular weight excluding hydrogens is 401 g/mol. The van der Waals surface area contributed by atoms with E-state index in [0.717, 1.165) is 0 Å². The third-order valence-electron chi connectivity index (χ3n) is 0. The molecule has 0 heterocycles. The van der Waals surface area contributed by atoms with Gasteiger partial charge in [0, 0.05) is 64.4 Å². The fraction of sp³-hybridized carbons (Fsp3) is 0. The Morgan fingerprint density at radius 1 is 0.833 bits per heavy atom. The van der Waals surface area contributed by atoms with Crippen LogP contribution in [-0.2, 0) is 57.7 Å². The zero-order valence-electron chi connectivity index (χ0n) is 3.23.